The molecule has 15 nitrogen and oxygen atoms in total. The van der Waals surface area contributed by atoms with Gasteiger partial charge in [0.05, 0.1) is 33.6 Å². The summed E-state index contributed by atoms with van der Waals surface area (Å²) in [6.07, 6.45) is 8.15. The topological polar surface area (TPSA) is 181 Å². The average molecular weight is 749 g/mol. The van der Waals surface area contributed by atoms with Crippen LogP contribution in [0.15, 0.2) is 53.7 Å². The van der Waals surface area contributed by atoms with Crippen LogP contribution in [-0.2, 0) is 29.2 Å². The fourth-order valence-corrected chi connectivity index (χ4v) is 9.33. The van der Waals surface area contributed by atoms with Gasteiger partial charge in [-0.3, -0.25) is 24.8 Å². The maximum absolute atomic E-state index is 13.7. The summed E-state index contributed by atoms with van der Waals surface area (Å²) in [5.41, 5.74) is 4.53. The maximum atomic E-state index is 13.7. The Morgan fingerprint density at radius 3 is 2.63 bits per heavy atom. The lowest BCUT2D eigenvalue weighted by Gasteiger charge is -2.34. The fourth-order valence-electron chi connectivity index (χ4n) is 8.07. The van der Waals surface area contributed by atoms with Crippen LogP contribution < -0.4 is 15.5 Å². The number of H-pyrrole nitrogens is 1. The number of nitrogens with zero attached hydrogens (tertiary/aromatic N) is 9. The highest BCUT2D eigenvalue weighted by molar-refractivity contribution is 7.82. The molecular formula is C38H44N12O3S. The number of aryl methyl sites for hydroxylation is 1. The number of nitrogens with one attached hydrogen (secondary N) is 3. The first-order chi connectivity index (χ1) is 26.2. The van der Waals surface area contributed by atoms with Crippen LogP contribution in [0.1, 0.15) is 61.6 Å². The number of aromatic amines is 1. The molecule has 2 aromatic carbocycles. The van der Waals surface area contributed by atoms with Crippen LogP contribution in [0.25, 0.3) is 21.9 Å². The SMILES string of the molecule is CC(Cc1cc(S(=O)N2CCC(Nc3ncc4cn[nH]c4n3)CC2)ccc1C#N)CN1CCC(c2ccc3c(N4CCC(=O)NC4=O)nn(C)c3c2)CC1. The summed E-state index contributed by atoms with van der Waals surface area (Å²) >= 11 is 0. The lowest BCUT2D eigenvalue weighted by atomic mass is 9.88. The molecule has 3 N–H and O–H groups in total. The van der Waals surface area contributed by atoms with Crippen LogP contribution in [0.5, 0.6) is 0 Å². The third kappa shape index (κ3) is 7.43. The van der Waals surface area contributed by atoms with Crippen molar-refractivity contribution in [3.8, 4) is 6.07 Å². The lowest BCUT2D eigenvalue weighted by molar-refractivity contribution is -0.120. The van der Waals surface area contributed by atoms with Gasteiger partial charge in [0.2, 0.25) is 11.9 Å². The molecule has 3 amide bonds. The highest BCUT2D eigenvalue weighted by atomic mass is 32.2. The highest BCUT2D eigenvalue weighted by Crippen LogP contribution is 2.34. The first-order valence-electron chi connectivity index (χ1n) is 18.6. The molecule has 2 unspecified atom stereocenters. The minimum atomic E-state index is -1.32. The fraction of sp³-hybridized carbons (Fsp3) is 0.447. The molecule has 3 aliphatic rings. The lowest BCUT2D eigenvalue weighted by Crippen LogP contribution is -2.49. The van der Waals surface area contributed by atoms with Crippen molar-refractivity contribution in [2.24, 2.45) is 13.0 Å². The molecule has 54 heavy (non-hydrogen) atoms. The Morgan fingerprint density at radius 2 is 1.85 bits per heavy atom. The van der Waals surface area contributed by atoms with Gasteiger partial charge in [-0.2, -0.15) is 20.4 Å². The van der Waals surface area contributed by atoms with Gasteiger partial charge < -0.3 is 10.2 Å². The van der Waals surface area contributed by atoms with E-state index >= 15 is 0 Å². The molecular weight excluding hydrogens is 705 g/mol. The van der Waals surface area contributed by atoms with Gasteiger partial charge in [0, 0.05) is 57.3 Å². The van der Waals surface area contributed by atoms with Crippen molar-refractivity contribution >= 4 is 56.6 Å². The Hall–Kier alpha value is -5.24. The van der Waals surface area contributed by atoms with Crippen LogP contribution in [-0.4, -0.2) is 101 Å². The number of fused-ring (bicyclic) bond motifs is 2. The van der Waals surface area contributed by atoms with Gasteiger partial charge in [0.25, 0.3) is 0 Å². The molecule has 0 saturated carbocycles. The number of hydrogen-bond donors (Lipinski definition) is 3. The number of nitriles is 1. The largest absolute Gasteiger partial charge is 0.351 e. The second-order valence-corrected chi connectivity index (χ2v) is 16.2. The van der Waals surface area contributed by atoms with Gasteiger partial charge in [0.1, 0.15) is 11.0 Å². The number of benzene rings is 2. The number of urea groups is 1. The molecule has 16 heteroatoms. The number of aromatic nitrogens is 6. The number of piperidine rings is 2. The van der Waals surface area contributed by atoms with E-state index in [-0.39, 0.29) is 18.4 Å². The second-order valence-electron chi connectivity index (χ2n) is 14.8. The third-order valence-corrected chi connectivity index (χ3v) is 12.5. The van der Waals surface area contributed by atoms with Crippen LogP contribution in [0, 0.1) is 17.2 Å². The van der Waals surface area contributed by atoms with E-state index in [0.29, 0.717) is 54.4 Å². The summed E-state index contributed by atoms with van der Waals surface area (Å²) in [5.74, 6) is 1.62. The van der Waals surface area contributed by atoms with Crippen molar-refractivity contribution < 1.29 is 13.8 Å². The summed E-state index contributed by atoms with van der Waals surface area (Å²) in [4.78, 5) is 37.9. The number of amides is 3. The monoisotopic (exact) mass is 748 g/mol. The summed E-state index contributed by atoms with van der Waals surface area (Å²) in [7, 11) is 0.571. The Labute approximate surface area is 315 Å². The predicted molar refractivity (Wildman–Crippen MR) is 205 cm³/mol. The van der Waals surface area contributed by atoms with Crippen molar-refractivity contribution in [1.29, 1.82) is 5.26 Å². The zero-order valence-corrected chi connectivity index (χ0v) is 31.3. The van der Waals surface area contributed by atoms with Crippen LogP contribution in [0.2, 0.25) is 0 Å². The molecule has 280 valence electrons. The number of hydrogen-bond acceptors (Lipinski definition) is 10. The zero-order valence-electron chi connectivity index (χ0n) is 30.5. The van der Waals surface area contributed by atoms with E-state index < -0.39 is 17.0 Å². The summed E-state index contributed by atoms with van der Waals surface area (Å²) in [5, 5.41) is 29.0. The number of rotatable bonds is 10. The molecule has 3 aliphatic heterocycles. The standard InChI is InChI=1S/C38H44N12O3S/c1-24(23-48-12-7-25(8-13-48)26-4-6-32-33(19-26)47(2)46-36(32)50-16-11-34(51)43-38(50)52)17-28-18-31(5-3-27(28)20-39)54(53)49-14-9-30(10-15-49)42-37-40-21-29-22-41-45-35(29)44-37/h3-6,18-19,21-22,24-25,30H,7-17,23H2,1-2H3,(H,43,51,52)(H2,40,41,42,44,45). The maximum Gasteiger partial charge on any atom is 0.329 e. The third-order valence-electron chi connectivity index (χ3n) is 11.0. The molecule has 3 saturated heterocycles. The molecule has 8 rings (SSSR count). The summed E-state index contributed by atoms with van der Waals surface area (Å²) in [6, 6.07) is 14.2. The minimum absolute atomic E-state index is 0.184. The van der Waals surface area contributed by atoms with Gasteiger partial charge in [0.15, 0.2) is 11.5 Å². The van der Waals surface area contributed by atoms with Crippen molar-refractivity contribution in [1.82, 2.24) is 44.5 Å². The molecule has 0 bridgehead atoms. The van der Waals surface area contributed by atoms with E-state index in [1.807, 2.05) is 34.2 Å². The van der Waals surface area contributed by atoms with Crippen molar-refractivity contribution in [2.75, 3.05) is 49.5 Å². The highest BCUT2D eigenvalue weighted by Gasteiger charge is 2.29. The van der Waals surface area contributed by atoms with E-state index in [0.717, 1.165) is 78.5 Å². The molecule has 0 radical (unpaired) electrons. The smallest absolute Gasteiger partial charge is 0.329 e. The molecule has 3 aromatic heterocycles. The second kappa shape index (κ2) is 15.2. The minimum Gasteiger partial charge on any atom is -0.351 e. The molecule has 3 fully saturated rings. The first kappa shape index (κ1) is 35.8. The van der Waals surface area contributed by atoms with Crippen LogP contribution in [0.4, 0.5) is 16.6 Å². The van der Waals surface area contributed by atoms with E-state index in [1.54, 1.807) is 17.3 Å². The molecule has 0 spiro atoms. The van der Waals surface area contributed by atoms with E-state index in [9.17, 15) is 19.1 Å². The summed E-state index contributed by atoms with van der Waals surface area (Å²) in [6.45, 7) is 6.79. The van der Waals surface area contributed by atoms with Crippen LogP contribution >= 0.6 is 0 Å². The van der Waals surface area contributed by atoms with E-state index in [4.69, 9.17) is 0 Å². The van der Waals surface area contributed by atoms with Gasteiger partial charge in [-0.25, -0.2) is 18.3 Å². The Bertz CT molecular complexity index is 2260. The first-order valence-corrected chi connectivity index (χ1v) is 19.8. The quantitative estimate of drug-likeness (QED) is 0.187. The number of imide groups is 1. The number of carbonyl (C=O) groups excluding carboxylic acids is 2. The van der Waals surface area contributed by atoms with Gasteiger partial charge in [-0.05, 0) is 98.5 Å². The van der Waals surface area contributed by atoms with E-state index in [1.165, 1.54) is 5.56 Å². The Balaban J connectivity index is 0.841. The molecule has 0 aliphatic carbocycles. The van der Waals surface area contributed by atoms with E-state index in [2.05, 4.69) is 72.0 Å². The normalized spacial score (nSPS) is 19.2. The Kier molecular flexibility index (Phi) is 10.1. The summed E-state index contributed by atoms with van der Waals surface area (Å²) < 4.78 is 17.6. The van der Waals surface area contributed by atoms with Crippen molar-refractivity contribution in [2.45, 2.75) is 62.3 Å². The molecule has 6 heterocycles. The number of likely N-dealkylation sites (tertiary alicyclic amines) is 1. The van der Waals surface area contributed by atoms with Crippen LogP contribution in [0.3, 0.4) is 0 Å². The van der Waals surface area contributed by atoms with Crippen molar-refractivity contribution in [3.05, 3.63) is 65.5 Å². The zero-order chi connectivity index (χ0) is 37.3. The van der Waals surface area contributed by atoms with Gasteiger partial charge >= 0.3 is 6.03 Å². The molecule has 2 atom stereocenters. The number of carbonyl (C=O) groups is 2. The molecule has 5 aromatic rings. The Morgan fingerprint density at radius 1 is 1.04 bits per heavy atom. The average Bonchev–Trinajstić information content (AvgIpc) is 3.78. The number of anilines is 2. The predicted octanol–water partition coefficient (Wildman–Crippen LogP) is 4.21. The van der Waals surface area contributed by atoms with Gasteiger partial charge in [-0.1, -0.05) is 13.0 Å². The van der Waals surface area contributed by atoms with Crippen molar-refractivity contribution in [3.63, 3.8) is 0 Å². The van der Waals surface area contributed by atoms with Gasteiger partial charge in [-0.15, -0.1) is 0 Å².